The Hall–Kier alpha value is -7.00. The van der Waals surface area contributed by atoms with Crippen molar-refractivity contribution >= 4 is 74.2 Å². The monoisotopic (exact) mass is 975 g/mol. The van der Waals surface area contributed by atoms with Crippen LogP contribution in [0.2, 0.25) is 0 Å². The summed E-state index contributed by atoms with van der Waals surface area (Å²) in [7, 11) is 4.25. The minimum absolute atomic E-state index is 0.0534. The van der Waals surface area contributed by atoms with Crippen molar-refractivity contribution in [1.29, 1.82) is 0 Å². The number of benzene rings is 1. The molecule has 4 fully saturated rings. The summed E-state index contributed by atoms with van der Waals surface area (Å²) in [5, 5.41) is 22.2. The first kappa shape index (κ1) is 48.6. The Morgan fingerprint density at radius 1 is 0.694 bits per heavy atom. The van der Waals surface area contributed by atoms with Gasteiger partial charge in [0, 0.05) is 55.2 Å². The molecule has 1 aromatic carbocycles. The standard InChI is InChI=1S/C22H24N6.C15H22N6O.C15H20N6O/c23-19-17-15-7-4-8-16(15)18(14-5-2-1-3-6-14)24-20(17)26-21(25-19)27-22-9-11-28(13-22)12-10-22;2*1-9(22)10-7-12-13(16)19-15(20-14(12)17-8-10)18-11-3-5-21(2)6-4-11/h1-3,5-6H,4,7-13H2,(H3,23,24,25,26,27);7-9,11,22H,3-6H2,1-2H3,(H3,16,17,18,19,20);7-8,11H,3-6H2,1-2H3,(H3,16,17,18,19,20). The van der Waals surface area contributed by atoms with Crippen molar-refractivity contribution in [2.45, 2.75) is 95.4 Å². The van der Waals surface area contributed by atoms with Gasteiger partial charge >= 0.3 is 0 Å². The number of hydrogen-bond donors (Lipinski definition) is 7. The van der Waals surface area contributed by atoms with Crippen LogP contribution in [0.5, 0.6) is 0 Å². The molecule has 6 aromatic heterocycles. The van der Waals surface area contributed by atoms with Crippen LogP contribution in [0.3, 0.4) is 0 Å². The highest BCUT2D eigenvalue weighted by Crippen LogP contribution is 2.39. The molecule has 4 saturated heterocycles. The van der Waals surface area contributed by atoms with Crippen molar-refractivity contribution in [3.8, 4) is 11.3 Å². The van der Waals surface area contributed by atoms with E-state index in [2.05, 4.69) is 104 Å². The predicted molar refractivity (Wildman–Crippen MR) is 284 cm³/mol. The number of aryl methyl sites for hydroxylation is 1. The van der Waals surface area contributed by atoms with Crippen LogP contribution in [0.4, 0.5) is 35.3 Å². The molecule has 1 unspecified atom stereocenters. The lowest BCUT2D eigenvalue weighted by Crippen LogP contribution is -2.37. The van der Waals surface area contributed by atoms with Gasteiger partial charge in [0.25, 0.3) is 0 Å². The second-order valence-corrected chi connectivity index (χ2v) is 20.2. The first-order valence-electron chi connectivity index (χ1n) is 25.3. The number of carbonyl (C=O) groups excluding carboxylic acids is 1. The molecule has 1 atom stereocenters. The number of fused-ring (bicyclic) bond motifs is 7. The molecule has 7 aromatic rings. The van der Waals surface area contributed by atoms with Gasteiger partial charge in [-0.15, -0.1) is 0 Å². The quantitative estimate of drug-likeness (QED) is 0.0879. The van der Waals surface area contributed by atoms with Crippen LogP contribution < -0.4 is 33.2 Å². The number of aromatic nitrogens is 9. The molecule has 1 aliphatic carbocycles. The number of nitrogen functional groups attached to an aromatic ring is 3. The summed E-state index contributed by atoms with van der Waals surface area (Å²) in [5.74, 6) is 2.88. The molecule has 10 heterocycles. The third-order valence-corrected chi connectivity index (χ3v) is 14.9. The predicted octanol–water partition coefficient (Wildman–Crippen LogP) is 5.50. The van der Waals surface area contributed by atoms with Crippen LogP contribution in [0.15, 0.2) is 54.9 Å². The van der Waals surface area contributed by atoms with E-state index in [-0.39, 0.29) is 11.3 Å². The van der Waals surface area contributed by atoms with Gasteiger partial charge in [-0.3, -0.25) is 4.79 Å². The number of likely N-dealkylation sites (tertiary alicyclic amines) is 2. The number of pyridine rings is 3. The van der Waals surface area contributed by atoms with E-state index in [4.69, 9.17) is 27.2 Å². The zero-order valence-corrected chi connectivity index (χ0v) is 41.7. The normalized spacial score (nSPS) is 20.7. The van der Waals surface area contributed by atoms with E-state index in [0.717, 1.165) is 126 Å². The summed E-state index contributed by atoms with van der Waals surface area (Å²) in [4.78, 5) is 59.0. The molecule has 20 nitrogen and oxygen atoms in total. The Balaban J connectivity index is 0.000000126. The zero-order chi connectivity index (χ0) is 50.1. The summed E-state index contributed by atoms with van der Waals surface area (Å²) < 4.78 is 0. The smallest absolute Gasteiger partial charge is 0.227 e. The topological polar surface area (TPSA) is 277 Å². The molecule has 0 saturated carbocycles. The number of ketones is 1. The van der Waals surface area contributed by atoms with Crippen LogP contribution in [0, 0.1) is 0 Å². The zero-order valence-electron chi connectivity index (χ0n) is 41.7. The lowest BCUT2D eigenvalue weighted by atomic mass is 9.95. The fourth-order valence-electron chi connectivity index (χ4n) is 10.6. The van der Waals surface area contributed by atoms with E-state index in [1.54, 1.807) is 25.3 Å². The minimum Gasteiger partial charge on any atom is -0.389 e. The SMILES string of the molecule is CC(=O)c1cnc2nc(NC3CCN(C)CC3)nc(N)c2c1.CC(O)c1cnc2nc(NC3CCN(C)CC3)nc(N)c2c1.Nc1nc(NC23CCN(CC2)C3)nc2nc(-c3ccccc3)c3c(c12)CCC3. The largest absolute Gasteiger partial charge is 0.389 e. The number of nitrogens with zero attached hydrogens (tertiary/aromatic N) is 12. The molecule has 5 aliphatic rings. The molecule has 4 aliphatic heterocycles. The number of nitrogens with two attached hydrogens (primary N) is 3. The number of hydrogen-bond acceptors (Lipinski definition) is 20. The summed E-state index contributed by atoms with van der Waals surface area (Å²) in [6.07, 6.45) is 12.3. The molecule has 0 amide bonds. The molecule has 0 spiro atoms. The van der Waals surface area contributed by atoms with E-state index in [1.165, 1.54) is 24.2 Å². The summed E-state index contributed by atoms with van der Waals surface area (Å²) in [6.45, 7) is 10.8. The van der Waals surface area contributed by atoms with Crippen molar-refractivity contribution in [3.63, 3.8) is 0 Å². The molecular weight excluding hydrogens is 909 g/mol. The molecule has 72 heavy (non-hydrogen) atoms. The molecule has 20 heteroatoms. The highest BCUT2D eigenvalue weighted by atomic mass is 16.3. The third kappa shape index (κ3) is 10.6. The van der Waals surface area contributed by atoms with E-state index >= 15 is 0 Å². The number of carbonyl (C=O) groups is 1. The molecular formula is C52H66N18O2. The van der Waals surface area contributed by atoms with Gasteiger partial charge in [0.05, 0.1) is 33.5 Å². The lowest BCUT2D eigenvalue weighted by Gasteiger charge is -2.29. The number of rotatable bonds is 9. The maximum atomic E-state index is 11.4. The van der Waals surface area contributed by atoms with Crippen LogP contribution in [0.25, 0.3) is 44.4 Å². The fraction of sp³-hybridized carbons (Fsp3) is 0.462. The van der Waals surface area contributed by atoms with Gasteiger partial charge < -0.3 is 53.0 Å². The average molecular weight is 975 g/mol. The van der Waals surface area contributed by atoms with Gasteiger partial charge in [-0.2, -0.15) is 29.9 Å². The van der Waals surface area contributed by atoms with E-state index in [9.17, 15) is 9.90 Å². The average Bonchev–Trinajstić information content (AvgIpc) is 4.13. The number of aliphatic hydroxyl groups is 1. The van der Waals surface area contributed by atoms with Gasteiger partial charge in [-0.05, 0) is 141 Å². The summed E-state index contributed by atoms with van der Waals surface area (Å²) in [5.41, 5.74) is 26.4. The molecule has 10 N–H and O–H groups in total. The van der Waals surface area contributed by atoms with Crippen LogP contribution in [-0.2, 0) is 12.8 Å². The molecule has 376 valence electrons. The maximum absolute atomic E-state index is 11.4. The Kier molecular flexibility index (Phi) is 13.9. The Labute approximate surface area is 419 Å². The number of aliphatic hydroxyl groups excluding tert-OH is 1. The van der Waals surface area contributed by atoms with Crippen LogP contribution in [0.1, 0.15) is 91.9 Å². The number of Topliss-reactive ketones (excluding diaryl/α,β-unsaturated/α-hetero) is 1. The second-order valence-electron chi connectivity index (χ2n) is 20.2. The fourth-order valence-corrected chi connectivity index (χ4v) is 10.6. The van der Waals surface area contributed by atoms with Crippen molar-refractivity contribution in [3.05, 3.63) is 77.1 Å². The molecule has 12 rings (SSSR count). The van der Waals surface area contributed by atoms with Crippen molar-refractivity contribution in [2.24, 2.45) is 0 Å². The number of anilines is 6. The first-order valence-corrected chi connectivity index (χ1v) is 25.3. The highest BCUT2D eigenvalue weighted by Gasteiger charge is 2.44. The maximum Gasteiger partial charge on any atom is 0.227 e. The second kappa shape index (κ2) is 20.6. The van der Waals surface area contributed by atoms with Crippen molar-refractivity contribution in [2.75, 3.05) is 93.1 Å². The molecule has 2 bridgehead atoms. The van der Waals surface area contributed by atoms with Gasteiger partial charge in [0.2, 0.25) is 17.8 Å². The van der Waals surface area contributed by atoms with E-state index < -0.39 is 6.10 Å². The van der Waals surface area contributed by atoms with Crippen molar-refractivity contribution in [1.82, 2.24) is 59.6 Å². The Bertz CT molecular complexity index is 3090. The van der Waals surface area contributed by atoms with Crippen LogP contribution in [-0.4, -0.2) is 148 Å². The number of nitrogens with one attached hydrogen (secondary N) is 3. The van der Waals surface area contributed by atoms with Gasteiger partial charge in [-0.25, -0.2) is 15.0 Å². The van der Waals surface area contributed by atoms with Gasteiger partial charge in [0.1, 0.15) is 17.5 Å². The van der Waals surface area contributed by atoms with E-state index in [0.29, 0.717) is 80.6 Å². The third-order valence-electron chi connectivity index (χ3n) is 14.9. The lowest BCUT2D eigenvalue weighted by molar-refractivity contribution is 0.101. The van der Waals surface area contributed by atoms with E-state index in [1.807, 2.05) is 6.07 Å². The highest BCUT2D eigenvalue weighted by molar-refractivity contribution is 5.99. The van der Waals surface area contributed by atoms with Crippen LogP contribution >= 0.6 is 0 Å². The van der Waals surface area contributed by atoms with Gasteiger partial charge in [0.15, 0.2) is 22.7 Å². The Morgan fingerprint density at radius 3 is 1.82 bits per heavy atom. The first-order chi connectivity index (χ1) is 34.8. The Morgan fingerprint density at radius 2 is 1.25 bits per heavy atom. The summed E-state index contributed by atoms with van der Waals surface area (Å²) in [6, 6.07) is 14.6. The number of piperidine rings is 3. The van der Waals surface area contributed by atoms with Gasteiger partial charge in [-0.1, -0.05) is 30.3 Å². The minimum atomic E-state index is -0.590. The molecule has 0 radical (unpaired) electrons. The van der Waals surface area contributed by atoms with Crippen molar-refractivity contribution < 1.29 is 9.90 Å². The summed E-state index contributed by atoms with van der Waals surface area (Å²) >= 11 is 0.